The second-order valence-corrected chi connectivity index (χ2v) is 10.2. The number of carbonyl (C=O) groups is 1. The van der Waals surface area contributed by atoms with Gasteiger partial charge in [0.2, 0.25) is 0 Å². The predicted molar refractivity (Wildman–Crippen MR) is 145 cm³/mol. The largest absolute Gasteiger partial charge is 0.496 e. The van der Waals surface area contributed by atoms with Crippen molar-refractivity contribution >= 4 is 27.4 Å². The molecule has 2 aromatic carbocycles. The maximum Gasteiger partial charge on any atom is 0.494 e. The first kappa shape index (κ1) is 33.2. The van der Waals surface area contributed by atoms with Crippen molar-refractivity contribution in [3.8, 4) is 21.9 Å². The lowest BCUT2D eigenvalue weighted by Crippen LogP contribution is -2.41. The molecule has 0 saturated carbocycles. The summed E-state index contributed by atoms with van der Waals surface area (Å²) >= 11 is 1.43. The van der Waals surface area contributed by atoms with E-state index < -0.39 is 50.5 Å². The number of unbranched alkanes of at least 4 members (excludes halogenated alkanes) is 1. The third-order valence-electron chi connectivity index (χ3n) is 5.84. The fourth-order valence-electron chi connectivity index (χ4n) is 3.80. The second kappa shape index (κ2) is 14.3. The summed E-state index contributed by atoms with van der Waals surface area (Å²) in [5.74, 6) is -0.160. The summed E-state index contributed by atoms with van der Waals surface area (Å²) in [6, 6.07) is 12.9. The lowest BCUT2D eigenvalue weighted by molar-refractivity contribution is -0.514. The predicted octanol–water partition coefficient (Wildman–Crippen LogP) is 8.58. The van der Waals surface area contributed by atoms with Crippen molar-refractivity contribution in [2.45, 2.75) is 57.5 Å². The maximum absolute atomic E-state index is 14.0. The molecule has 1 heterocycles. The molecule has 6 nitrogen and oxygen atoms in total. The summed E-state index contributed by atoms with van der Waals surface area (Å²) in [4.78, 5) is 11.8. The maximum atomic E-state index is 14.0. The smallest absolute Gasteiger partial charge is 0.494 e. The molecule has 3 aromatic rings. The molecule has 0 unspecified atom stereocenters. The van der Waals surface area contributed by atoms with Gasteiger partial charge >= 0.3 is 24.5 Å². The number of esters is 1. The van der Waals surface area contributed by atoms with E-state index in [-0.39, 0.29) is 5.75 Å². The van der Waals surface area contributed by atoms with Gasteiger partial charge in [-0.1, -0.05) is 26.0 Å². The standard InChI is InChI=1S/C29H30F6O6S/c1-4-6-7-19-8-11-22(23(16-19)37-3)25-17-20-9-10-21(18-24(20)42-25)38-14-12-27(30,31)40-29(34,35)41-28(32,33)13-15-39-26(36)5-2/h5,8-11,16-18H,2,4,6-7,12-15H2,1,3H3. The molecule has 0 bridgehead atoms. The first-order valence-corrected chi connectivity index (χ1v) is 13.7. The van der Waals surface area contributed by atoms with Crippen molar-refractivity contribution in [3.63, 3.8) is 0 Å². The van der Waals surface area contributed by atoms with Crippen molar-refractivity contribution in [3.05, 3.63) is 60.7 Å². The average Bonchev–Trinajstić information content (AvgIpc) is 3.33. The van der Waals surface area contributed by atoms with Crippen LogP contribution in [0.1, 0.15) is 38.2 Å². The van der Waals surface area contributed by atoms with Crippen LogP contribution < -0.4 is 9.47 Å². The number of halogens is 6. The minimum atomic E-state index is -5.35. The van der Waals surface area contributed by atoms with Gasteiger partial charge in [-0.25, -0.2) is 14.3 Å². The number of fused-ring (bicyclic) bond motifs is 1. The van der Waals surface area contributed by atoms with Gasteiger partial charge in [0.05, 0.1) is 33.2 Å². The Morgan fingerprint density at radius 1 is 0.952 bits per heavy atom. The van der Waals surface area contributed by atoms with Gasteiger partial charge in [0.15, 0.2) is 0 Å². The molecule has 0 amide bonds. The Hall–Kier alpha value is -3.29. The van der Waals surface area contributed by atoms with Crippen LogP contribution in [0.4, 0.5) is 26.3 Å². The number of methoxy groups -OCH3 is 1. The van der Waals surface area contributed by atoms with Crippen molar-refractivity contribution in [1.29, 1.82) is 0 Å². The SMILES string of the molecule is C=CC(=O)OCCC(F)(F)OC(F)(F)OC(F)(F)CCOc1ccc2cc(-c3ccc(CCCC)cc3OC)sc2c1. The number of carbonyl (C=O) groups excluding carboxylic acids is 1. The zero-order chi connectivity index (χ0) is 31.0. The molecule has 0 N–H and O–H groups in total. The third-order valence-corrected chi connectivity index (χ3v) is 6.98. The van der Waals surface area contributed by atoms with Crippen LogP contribution in [0.15, 0.2) is 55.1 Å². The molecule has 230 valence electrons. The minimum Gasteiger partial charge on any atom is -0.496 e. The van der Waals surface area contributed by atoms with Gasteiger partial charge in [-0.15, -0.1) is 20.1 Å². The van der Waals surface area contributed by atoms with Crippen molar-refractivity contribution < 1.29 is 54.8 Å². The highest BCUT2D eigenvalue weighted by Crippen LogP contribution is 2.40. The Kier molecular flexibility index (Phi) is 11.3. The lowest BCUT2D eigenvalue weighted by Gasteiger charge is -2.26. The van der Waals surface area contributed by atoms with Crippen LogP contribution in [0.2, 0.25) is 0 Å². The van der Waals surface area contributed by atoms with Crippen LogP contribution in [0, 0.1) is 0 Å². The van der Waals surface area contributed by atoms with Crippen LogP contribution >= 0.6 is 11.3 Å². The van der Waals surface area contributed by atoms with E-state index in [9.17, 15) is 31.1 Å². The molecule has 1 aromatic heterocycles. The summed E-state index contributed by atoms with van der Waals surface area (Å²) in [5, 5.41) is 0.866. The van der Waals surface area contributed by atoms with Gasteiger partial charge in [-0.2, -0.15) is 17.6 Å². The minimum absolute atomic E-state index is 0.192. The number of benzene rings is 2. The summed E-state index contributed by atoms with van der Waals surface area (Å²) in [7, 11) is 1.60. The van der Waals surface area contributed by atoms with Crippen molar-refractivity contribution in [2.75, 3.05) is 20.3 Å². The molecule has 3 rings (SSSR count). The number of thiophene rings is 1. The van der Waals surface area contributed by atoms with Gasteiger partial charge in [0, 0.05) is 21.2 Å². The first-order chi connectivity index (χ1) is 19.8. The van der Waals surface area contributed by atoms with Crippen LogP contribution in [0.3, 0.4) is 0 Å². The second-order valence-electron chi connectivity index (χ2n) is 9.11. The van der Waals surface area contributed by atoms with Crippen LogP contribution in [-0.2, 0) is 25.4 Å². The third kappa shape index (κ3) is 9.92. The van der Waals surface area contributed by atoms with Gasteiger partial charge in [-0.3, -0.25) is 0 Å². The van der Waals surface area contributed by atoms with Gasteiger partial charge < -0.3 is 14.2 Å². The Morgan fingerprint density at radius 3 is 2.29 bits per heavy atom. The Bertz CT molecular complexity index is 1360. The van der Waals surface area contributed by atoms with E-state index in [4.69, 9.17) is 9.47 Å². The van der Waals surface area contributed by atoms with Gasteiger partial charge in [0.1, 0.15) is 11.5 Å². The molecule has 0 spiro atoms. The molecule has 0 aliphatic rings. The number of hydrogen-bond donors (Lipinski definition) is 0. The van der Waals surface area contributed by atoms with E-state index in [1.165, 1.54) is 23.0 Å². The molecule has 0 saturated heterocycles. The van der Waals surface area contributed by atoms with Gasteiger partial charge in [0.25, 0.3) is 0 Å². The number of hydrogen-bond acceptors (Lipinski definition) is 7. The van der Waals surface area contributed by atoms with Crippen LogP contribution in [0.5, 0.6) is 11.5 Å². The molecule has 0 atom stereocenters. The monoisotopic (exact) mass is 620 g/mol. The molecule has 13 heteroatoms. The Morgan fingerprint density at radius 2 is 1.64 bits per heavy atom. The number of alkyl halides is 6. The average molecular weight is 621 g/mol. The highest BCUT2D eigenvalue weighted by Gasteiger charge is 2.52. The number of rotatable bonds is 17. The number of aryl methyl sites for hydroxylation is 1. The summed E-state index contributed by atoms with van der Waals surface area (Å²) in [5.41, 5.74) is 2.06. The molecular formula is C29H30F6O6S. The lowest BCUT2D eigenvalue weighted by atomic mass is 10.0. The van der Waals surface area contributed by atoms with Crippen molar-refractivity contribution in [1.82, 2.24) is 0 Å². The number of ether oxygens (including phenoxy) is 5. The van der Waals surface area contributed by atoms with E-state index in [0.29, 0.717) is 6.08 Å². The molecule has 0 fully saturated rings. The Labute approximate surface area is 242 Å². The summed E-state index contributed by atoms with van der Waals surface area (Å²) in [6.45, 7) is 3.36. The van der Waals surface area contributed by atoms with E-state index in [1.807, 2.05) is 24.3 Å². The summed E-state index contributed by atoms with van der Waals surface area (Å²) in [6.07, 6.45) is -13.7. The van der Waals surface area contributed by atoms with E-state index in [0.717, 1.165) is 45.5 Å². The van der Waals surface area contributed by atoms with Crippen molar-refractivity contribution in [2.24, 2.45) is 0 Å². The zero-order valence-electron chi connectivity index (χ0n) is 22.9. The van der Waals surface area contributed by atoms with Crippen LogP contribution in [0.25, 0.3) is 20.5 Å². The van der Waals surface area contributed by atoms with Gasteiger partial charge in [-0.05, 0) is 60.2 Å². The van der Waals surface area contributed by atoms with E-state index >= 15 is 0 Å². The van der Waals surface area contributed by atoms with E-state index in [1.54, 1.807) is 19.2 Å². The van der Waals surface area contributed by atoms with E-state index in [2.05, 4.69) is 27.7 Å². The van der Waals surface area contributed by atoms with Crippen LogP contribution in [-0.4, -0.2) is 44.8 Å². The summed E-state index contributed by atoms with van der Waals surface area (Å²) < 4.78 is 105. The molecule has 0 radical (unpaired) electrons. The normalized spacial score (nSPS) is 12.4. The zero-order valence-corrected chi connectivity index (χ0v) is 23.7. The fourth-order valence-corrected chi connectivity index (χ4v) is 4.92. The molecule has 0 aliphatic heterocycles. The molecule has 0 aliphatic carbocycles. The quantitative estimate of drug-likeness (QED) is 0.0652. The topological polar surface area (TPSA) is 63.2 Å². The fraction of sp³-hybridized carbons (Fsp3) is 0.414. The molecular weight excluding hydrogens is 590 g/mol. The Balaban J connectivity index is 1.58. The molecule has 42 heavy (non-hydrogen) atoms. The highest BCUT2D eigenvalue weighted by atomic mass is 32.1. The first-order valence-electron chi connectivity index (χ1n) is 12.9. The highest BCUT2D eigenvalue weighted by molar-refractivity contribution is 7.22.